The molecule has 8 heteroatoms. The number of anilines is 2. The lowest BCUT2D eigenvalue weighted by atomic mass is 10.00. The molecule has 0 atom stereocenters. The van der Waals surface area contributed by atoms with Crippen LogP contribution in [-0.4, -0.2) is 46.4 Å². The monoisotopic (exact) mass is 374 g/mol. The number of carbonyl (C=O) groups is 1. The molecule has 0 spiro atoms. The molecule has 5 N–H and O–H groups in total. The number of nitrogen functional groups attached to an aromatic ring is 1. The third-order valence-corrected chi connectivity index (χ3v) is 4.20. The second-order valence-corrected chi connectivity index (χ2v) is 6.22. The summed E-state index contributed by atoms with van der Waals surface area (Å²) in [5.41, 5.74) is 9.30. The van der Waals surface area contributed by atoms with Gasteiger partial charge in [0.15, 0.2) is 0 Å². The number of benzene rings is 1. The first-order valence-electron chi connectivity index (χ1n) is 8.80. The molecule has 1 aromatic heterocycles. The number of ether oxygens (including phenoxy) is 1. The van der Waals surface area contributed by atoms with Crippen LogP contribution in [0.2, 0.25) is 0 Å². The molecule has 0 radical (unpaired) electrons. The number of nitrogens with zero attached hydrogens (tertiary/aromatic N) is 2. The molecule has 0 saturated carbocycles. The van der Waals surface area contributed by atoms with E-state index in [-0.39, 0.29) is 19.0 Å². The van der Waals surface area contributed by atoms with Gasteiger partial charge in [-0.05, 0) is 37.0 Å². The molecule has 0 aliphatic rings. The summed E-state index contributed by atoms with van der Waals surface area (Å²) in [6.07, 6.45) is 1.66. The number of aliphatic hydroxyl groups is 1. The summed E-state index contributed by atoms with van der Waals surface area (Å²) in [5.74, 6) is 0.700. The van der Waals surface area contributed by atoms with Gasteiger partial charge in [0, 0.05) is 37.3 Å². The van der Waals surface area contributed by atoms with Crippen molar-refractivity contribution in [3.8, 4) is 5.75 Å². The Labute approximate surface area is 158 Å². The molecule has 0 aliphatic heterocycles. The smallest absolute Gasteiger partial charge is 0.303 e. The van der Waals surface area contributed by atoms with Crippen LogP contribution in [0.5, 0.6) is 5.75 Å². The third-order valence-electron chi connectivity index (χ3n) is 4.20. The first kappa shape index (κ1) is 20.4. The first-order chi connectivity index (χ1) is 12.9. The van der Waals surface area contributed by atoms with Gasteiger partial charge >= 0.3 is 5.97 Å². The van der Waals surface area contributed by atoms with Crippen molar-refractivity contribution in [3.63, 3.8) is 0 Å². The van der Waals surface area contributed by atoms with Gasteiger partial charge in [0.2, 0.25) is 5.95 Å². The van der Waals surface area contributed by atoms with Gasteiger partial charge in [0.1, 0.15) is 11.6 Å². The molecule has 1 heterocycles. The SMILES string of the molecule is COc1cc(CCC(=O)O)ccc1Cc1c(C)nc(N)nc1NCCCO. The van der Waals surface area contributed by atoms with E-state index in [1.165, 1.54) is 0 Å². The summed E-state index contributed by atoms with van der Waals surface area (Å²) in [6.45, 7) is 2.54. The Bertz CT molecular complexity index is 796. The molecule has 2 rings (SSSR count). The van der Waals surface area contributed by atoms with E-state index in [0.717, 1.165) is 22.4 Å². The summed E-state index contributed by atoms with van der Waals surface area (Å²) < 4.78 is 5.50. The van der Waals surface area contributed by atoms with E-state index in [2.05, 4.69) is 15.3 Å². The summed E-state index contributed by atoms with van der Waals surface area (Å²) in [4.78, 5) is 19.3. The Morgan fingerprint density at radius 1 is 1.33 bits per heavy atom. The quantitative estimate of drug-likeness (QED) is 0.463. The van der Waals surface area contributed by atoms with Crippen molar-refractivity contribution in [2.24, 2.45) is 0 Å². The molecule has 0 aliphatic carbocycles. The van der Waals surface area contributed by atoms with E-state index in [0.29, 0.717) is 37.4 Å². The van der Waals surface area contributed by atoms with Crippen LogP contribution in [0.1, 0.15) is 35.2 Å². The van der Waals surface area contributed by atoms with Crippen LogP contribution in [0.3, 0.4) is 0 Å². The Kier molecular flexibility index (Phi) is 7.36. The molecule has 0 bridgehead atoms. The molecule has 8 nitrogen and oxygen atoms in total. The maximum Gasteiger partial charge on any atom is 0.303 e. The van der Waals surface area contributed by atoms with E-state index in [1.807, 2.05) is 25.1 Å². The van der Waals surface area contributed by atoms with E-state index < -0.39 is 5.97 Å². The molecule has 0 fully saturated rings. The molecule has 146 valence electrons. The van der Waals surface area contributed by atoms with Crippen LogP contribution in [0, 0.1) is 6.92 Å². The lowest BCUT2D eigenvalue weighted by Crippen LogP contribution is -2.12. The van der Waals surface area contributed by atoms with Gasteiger partial charge in [0.25, 0.3) is 0 Å². The number of nitrogens with one attached hydrogen (secondary N) is 1. The Morgan fingerprint density at radius 2 is 2.11 bits per heavy atom. The van der Waals surface area contributed by atoms with Gasteiger partial charge in [-0.2, -0.15) is 4.98 Å². The number of aryl methyl sites for hydroxylation is 2. The van der Waals surface area contributed by atoms with E-state index in [1.54, 1.807) is 7.11 Å². The van der Waals surface area contributed by atoms with Crippen molar-refractivity contribution in [1.82, 2.24) is 9.97 Å². The van der Waals surface area contributed by atoms with E-state index >= 15 is 0 Å². The van der Waals surface area contributed by atoms with Gasteiger partial charge in [-0.3, -0.25) is 4.79 Å². The molecule has 2 aromatic rings. The minimum atomic E-state index is -0.828. The highest BCUT2D eigenvalue weighted by molar-refractivity contribution is 5.67. The van der Waals surface area contributed by atoms with Crippen LogP contribution < -0.4 is 15.8 Å². The Morgan fingerprint density at radius 3 is 2.78 bits per heavy atom. The number of methoxy groups -OCH3 is 1. The molecular formula is C19H26N4O4. The molecule has 27 heavy (non-hydrogen) atoms. The summed E-state index contributed by atoms with van der Waals surface area (Å²) in [5, 5.41) is 21.0. The molecule has 0 amide bonds. The topological polar surface area (TPSA) is 131 Å². The number of hydrogen-bond acceptors (Lipinski definition) is 7. The standard InChI is InChI=1S/C19H26N4O4/c1-12-15(18(21-8-3-9-24)23-19(20)22-12)11-14-6-4-13(5-7-17(25)26)10-16(14)27-2/h4,6,10,24H,3,5,7-9,11H2,1-2H3,(H,25,26)(H3,20,21,22,23). The third kappa shape index (κ3) is 5.82. The molecule has 0 unspecified atom stereocenters. The van der Waals surface area contributed by atoms with Crippen molar-refractivity contribution in [2.75, 3.05) is 31.3 Å². The lowest BCUT2D eigenvalue weighted by Gasteiger charge is -2.16. The van der Waals surface area contributed by atoms with Crippen molar-refractivity contribution in [1.29, 1.82) is 0 Å². The Balaban J connectivity index is 2.28. The average molecular weight is 374 g/mol. The van der Waals surface area contributed by atoms with E-state index in [9.17, 15) is 4.79 Å². The fourth-order valence-electron chi connectivity index (χ4n) is 2.79. The van der Waals surface area contributed by atoms with Crippen LogP contribution in [-0.2, 0) is 17.6 Å². The molecular weight excluding hydrogens is 348 g/mol. The van der Waals surface area contributed by atoms with Crippen LogP contribution >= 0.6 is 0 Å². The molecule has 0 saturated heterocycles. The minimum Gasteiger partial charge on any atom is -0.496 e. The summed E-state index contributed by atoms with van der Waals surface area (Å²) in [6, 6.07) is 5.71. The van der Waals surface area contributed by atoms with Gasteiger partial charge in [-0.15, -0.1) is 0 Å². The zero-order valence-corrected chi connectivity index (χ0v) is 15.7. The maximum absolute atomic E-state index is 10.8. The first-order valence-corrected chi connectivity index (χ1v) is 8.80. The van der Waals surface area contributed by atoms with Crippen LogP contribution in [0.15, 0.2) is 18.2 Å². The predicted octanol–water partition coefficient (Wildman–Crippen LogP) is 1.78. The fraction of sp³-hybridized carbons (Fsp3) is 0.421. The number of aliphatic carboxylic acids is 1. The normalized spacial score (nSPS) is 10.6. The highest BCUT2D eigenvalue weighted by Gasteiger charge is 2.14. The van der Waals surface area contributed by atoms with Crippen LogP contribution in [0.25, 0.3) is 0 Å². The zero-order chi connectivity index (χ0) is 19.8. The highest BCUT2D eigenvalue weighted by atomic mass is 16.5. The number of aromatic nitrogens is 2. The second-order valence-electron chi connectivity index (χ2n) is 6.22. The minimum absolute atomic E-state index is 0.0757. The predicted molar refractivity (Wildman–Crippen MR) is 103 cm³/mol. The number of nitrogens with two attached hydrogens (primary N) is 1. The van der Waals surface area contributed by atoms with Crippen molar-refractivity contribution < 1.29 is 19.7 Å². The second kappa shape index (κ2) is 9.72. The Hall–Kier alpha value is -2.87. The fourth-order valence-corrected chi connectivity index (χ4v) is 2.79. The number of carboxylic acids is 1. The number of rotatable bonds is 10. The van der Waals surface area contributed by atoms with Gasteiger partial charge in [-0.1, -0.05) is 12.1 Å². The highest BCUT2D eigenvalue weighted by Crippen LogP contribution is 2.28. The van der Waals surface area contributed by atoms with Gasteiger partial charge < -0.3 is 26.0 Å². The van der Waals surface area contributed by atoms with Crippen molar-refractivity contribution in [3.05, 3.63) is 40.6 Å². The largest absolute Gasteiger partial charge is 0.496 e. The maximum atomic E-state index is 10.8. The summed E-state index contributed by atoms with van der Waals surface area (Å²) >= 11 is 0. The van der Waals surface area contributed by atoms with Crippen molar-refractivity contribution >= 4 is 17.7 Å². The molecule has 1 aromatic carbocycles. The van der Waals surface area contributed by atoms with Gasteiger partial charge in [0.05, 0.1) is 7.11 Å². The van der Waals surface area contributed by atoms with Crippen molar-refractivity contribution in [2.45, 2.75) is 32.6 Å². The lowest BCUT2D eigenvalue weighted by molar-refractivity contribution is -0.136. The number of hydrogen-bond donors (Lipinski definition) is 4. The van der Waals surface area contributed by atoms with Gasteiger partial charge in [-0.25, -0.2) is 4.98 Å². The summed E-state index contributed by atoms with van der Waals surface area (Å²) in [7, 11) is 1.59. The number of carboxylic acid groups (broad SMARTS) is 1. The average Bonchev–Trinajstić information content (AvgIpc) is 2.63. The number of aliphatic hydroxyl groups excluding tert-OH is 1. The van der Waals surface area contributed by atoms with Crippen LogP contribution in [0.4, 0.5) is 11.8 Å². The zero-order valence-electron chi connectivity index (χ0n) is 15.7. The van der Waals surface area contributed by atoms with E-state index in [4.69, 9.17) is 20.7 Å².